The number of benzene rings is 1. The molecule has 4 nitrogen and oxygen atoms in total. The van der Waals surface area contributed by atoms with E-state index in [0.717, 1.165) is 30.0 Å². The first-order chi connectivity index (χ1) is 9.19. The molecular weight excluding hydrogens is 260 g/mol. The van der Waals surface area contributed by atoms with Crippen LogP contribution in [0.15, 0.2) is 18.2 Å². The molecule has 0 fully saturated rings. The highest BCUT2D eigenvalue weighted by atomic mass is 32.2. The summed E-state index contributed by atoms with van der Waals surface area (Å²) in [6.07, 6.45) is 3.38. The minimum Gasteiger partial charge on any atom is -0.379 e. The minimum atomic E-state index is -0.327. The predicted octanol–water partition coefficient (Wildman–Crippen LogP) is 4.45. The molecule has 19 heavy (non-hydrogen) atoms. The predicted molar refractivity (Wildman–Crippen MR) is 82.9 cm³/mol. The number of nitro groups is 1. The van der Waals surface area contributed by atoms with Gasteiger partial charge in [0.1, 0.15) is 5.69 Å². The van der Waals surface area contributed by atoms with Crippen molar-refractivity contribution in [1.82, 2.24) is 0 Å². The molecule has 1 aromatic carbocycles. The van der Waals surface area contributed by atoms with Crippen LogP contribution in [-0.2, 0) is 5.75 Å². The van der Waals surface area contributed by atoms with Crippen molar-refractivity contribution in [2.75, 3.05) is 17.6 Å². The van der Waals surface area contributed by atoms with E-state index < -0.39 is 0 Å². The number of nitrogens with one attached hydrogen (secondary N) is 1. The molecule has 0 aliphatic rings. The molecule has 0 aliphatic heterocycles. The molecule has 0 aliphatic carbocycles. The van der Waals surface area contributed by atoms with Crippen molar-refractivity contribution in [3.8, 4) is 0 Å². The molecule has 0 spiro atoms. The fourth-order valence-electron chi connectivity index (χ4n) is 1.67. The van der Waals surface area contributed by atoms with Gasteiger partial charge >= 0.3 is 0 Å². The summed E-state index contributed by atoms with van der Waals surface area (Å²) < 4.78 is 0. The van der Waals surface area contributed by atoms with Crippen molar-refractivity contribution < 1.29 is 4.92 Å². The van der Waals surface area contributed by atoms with E-state index >= 15 is 0 Å². The first-order valence-electron chi connectivity index (χ1n) is 6.78. The monoisotopic (exact) mass is 282 g/mol. The number of nitro benzene ring substituents is 1. The summed E-state index contributed by atoms with van der Waals surface area (Å²) in [5.41, 5.74) is 1.95. The van der Waals surface area contributed by atoms with Crippen LogP contribution in [0, 0.1) is 10.1 Å². The van der Waals surface area contributed by atoms with Crippen LogP contribution in [-0.4, -0.2) is 17.2 Å². The standard InChI is InChI=1S/C14H22N2O2S/c1-3-5-9-19-11-12-6-7-14(16(17)18)13(10-12)15-8-4-2/h6-7,10,15H,3-5,8-9,11H2,1-2H3. The van der Waals surface area contributed by atoms with Crippen molar-refractivity contribution in [1.29, 1.82) is 0 Å². The molecule has 0 aromatic heterocycles. The Morgan fingerprint density at radius 1 is 1.32 bits per heavy atom. The lowest BCUT2D eigenvalue weighted by atomic mass is 10.2. The van der Waals surface area contributed by atoms with Gasteiger partial charge < -0.3 is 5.32 Å². The number of rotatable bonds is 9. The van der Waals surface area contributed by atoms with Gasteiger partial charge in [-0.05, 0) is 30.2 Å². The number of nitrogens with zero attached hydrogens (tertiary/aromatic N) is 1. The van der Waals surface area contributed by atoms with Gasteiger partial charge in [-0.15, -0.1) is 0 Å². The highest BCUT2D eigenvalue weighted by molar-refractivity contribution is 7.98. The molecule has 0 bridgehead atoms. The van der Waals surface area contributed by atoms with Crippen LogP contribution in [0.25, 0.3) is 0 Å². The zero-order valence-electron chi connectivity index (χ0n) is 11.6. The second-order valence-electron chi connectivity index (χ2n) is 4.44. The number of anilines is 1. The average Bonchev–Trinajstić information content (AvgIpc) is 2.41. The second kappa shape index (κ2) is 8.80. The van der Waals surface area contributed by atoms with E-state index in [-0.39, 0.29) is 10.6 Å². The van der Waals surface area contributed by atoms with Gasteiger partial charge in [-0.3, -0.25) is 10.1 Å². The van der Waals surface area contributed by atoms with Crippen molar-refractivity contribution in [3.05, 3.63) is 33.9 Å². The van der Waals surface area contributed by atoms with Crippen LogP contribution >= 0.6 is 11.8 Å². The number of hydrogen-bond acceptors (Lipinski definition) is 4. The highest BCUT2D eigenvalue weighted by Gasteiger charge is 2.13. The Balaban J connectivity index is 2.70. The topological polar surface area (TPSA) is 55.2 Å². The Morgan fingerprint density at radius 3 is 2.74 bits per heavy atom. The first kappa shape index (κ1) is 15.8. The number of thioether (sulfide) groups is 1. The maximum Gasteiger partial charge on any atom is 0.292 e. The molecule has 0 atom stereocenters. The third-order valence-corrected chi connectivity index (χ3v) is 3.85. The lowest BCUT2D eigenvalue weighted by Gasteiger charge is -2.08. The summed E-state index contributed by atoms with van der Waals surface area (Å²) in [5, 5.41) is 14.1. The molecule has 0 saturated heterocycles. The largest absolute Gasteiger partial charge is 0.379 e. The molecule has 0 heterocycles. The zero-order chi connectivity index (χ0) is 14.1. The second-order valence-corrected chi connectivity index (χ2v) is 5.55. The molecular formula is C14H22N2O2S. The van der Waals surface area contributed by atoms with E-state index in [2.05, 4.69) is 12.2 Å². The van der Waals surface area contributed by atoms with Gasteiger partial charge in [-0.1, -0.05) is 26.3 Å². The van der Waals surface area contributed by atoms with Crippen molar-refractivity contribution >= 4 is 23.1 Å². The maximum absolute atomic E-state index is 11.0. The first-order valence-corrected chi connectivity index (χ1v) is 7.93. The maximum atomic E-state index is 11.0. The van der Waals surface area contributed by atoms with Crippen LogP contribution in [0.1, 0.15) is 38.7 Å². The van der Waals surface area contributed by atoms with Crippen LogP contribution in [0.2, 0.25) is 0 Å². The Bertz CT molecular complexity index is 410. The van der Waals surface area contributed by atoms with Gasteiger partial charge in [0.25, 0.3) is 5.69 Å². The summed E-state index contributed by atoms with van der Waals surface area (Å²) in [7, 11) is 0. The van der Waals surface area contributed by atoms with Gasteiger partial charge in [0, 0.05) is 18.4 Å². The third-order valence-electron chi connectivity index (χ3n) is 2.73. The summed E-state index contributed by atoms with van der Waals surface area (Å²) >= 11 is 1.88. The van der Waals surface area contributed by atoms with E-state index in [9.17, 15) is 10.1 Å². The molecule has 106 valence electrons. The normalized spacial score (nSPS) is 10.4. The molecule has 0 unspecified atom stereocenters. The lowest BCUT2D eigenvalue weighted by Crippen LogP contribution is -2.03. The summed E-state index contributed by atoms with van der Waals surface area (Å²) in [4.78, 5) is 10.6. The van der Waals surface area contributed by atoms with Crippen molar-refractivity contribution in [2.24, 2.45) is 0 Å². The van der Waals surface area contributed by atoms with Gasteiger partial charge in [0.2, 0.25) is 0 Å². The van der Waals surface area contributed by atoms with Gasteiger partial charge in [0.15, 0.2) is 0 Å². The lowest BCUT2D eigenvalue weighted by molar-refractivity contribution is -0.384. The Labute approximate surface area is 119 Å². The Kier molecular flexibility index (Phi) is 7.33. The SMILES string of the molecule is CCCCSCc1ccc([N+](=O)[O-])c(NCCC)c1. The molecule has 1 rings (SSSR count). The summed E-state index contributed by atoms with van der Waals surface area (Å²) in [6.45, 7) is 4.98. The smallest absolute Gasteiger partial charge is 0.292 e. The number of hydrogen-bond donors (Lipinski definition) is 1. The van der Waals surface area contributed by atoms with Crippen LogP contribution in [0.5, 0.6) is 0 Å². The van der Waals surface area contributed by atoms with E-state index in [1.165, 1.54) is 12.8 Å². The van der Waals surface area contributed by atoms with Gasteiger partial charge in [-0.25, -0.2) is 0 Å². The van der Waals surface area contributed by atoms with Crippen LogP contribution in [0.3, 0.4) is 0 Å². The fraction of sp³-hybridized carbons (Fsp3) is 0.571. The van der Waals surface area contributed by atoms with Gasteiger partial charge in [-0.2, -0.15) is 11.8 Å². The minimum absolute atomic E-state index is 0.163. The summed E-state index contributed by atoms with van der Waals surface area (Å²) in [6, 6.07) is 5.37. The molecule has 0 radical (unpaired) electrons. The van der Waals surface area contributed by atoms with Gasteiger partial charge in [0.05, 0.1) is 4.92 Å². The van der Waals surface area contributed by atoms with E-state index in [4.69, 9.17) is 0 Å². The van der Waals surface area contributed by atoms with E-state index in [1.54, 1.807) is 6.07 Å². The zero-order valence-corrected chi connectivity index (χ0v) is 12.5. The van der Waals surface area contributed by atoms with Crippen molar-refractivity contribution in [3.63, 3.8) is 0 Å². The van der Waals surface area contributed by atoms with Crippen LogP contribution in [0.4, 0.5) is 11.4 Å². The van der Waals surface area contributed by atoms with Crippen molar-refractivity contribution in [2.45, 2.75) is 38.9 Å². The summed E-state index contributed by atoms with van der Waals surface area (Å²) in [5.74, 6) is 2.06. The number of unbranched alkanes of at least 4 members (excludes halogenated alkanes) is 1. The highest BCUT2D eigenvalue weighted by Crippen LogP contribution is 2.27. The average molecular weight is 282 g/mol. The molecule has 5 heteroatoms. The molecule has 1 N–H and O–H groups in total. The van der Waals surface area contributed by atoms with E-state index in [0.29, 0.717) is 5.69 Å². The quantitative estimate of drug-likeness (QED) is 0.413. The molecule has 0 amide bonds. The Hall–Kier alpha value is -1.23. The molecule has 1 aromatic rings. The Morgan fingerprint density at radius 2 is 2.11 bits per heavy atom. The van der Waals surface area contributed by atoms with Crippen LogP contribution < -0.4 is 5.32 Å². The molecule has 0 saturated carbocycles. The third kappa shape index (κ3) is 5.51. The fourth-order valence-corrected chi connectivity index (χ4v) is 2.72. The van der Waals surface area contributed by atoms with E-state index in [1.807, 2.05) is 30.8 Å².